The molecular formula is C14H12F2N2. The summed E-state index contributed by atoms with van der Waals surface area (Å²) >= 11 is 0. The molecule has 1 atom stereocenters. The number of rotatable bonds is 3. The van der Waals surface area contributed by atoms with E-state index < -0.39 is 11.6 Å². The van der Waals surface area contributed by atoms with Gasteiger partial charge in [-0.1, -0.05) is 24.3 Å². The lowest BCUT2D eigenvalue weighted by molar-refractivity contribution is 0.571. The zero-order valence-corrected chi connectivity index (χ0v) is 9.66. The van der Waals surface area contributed by atoms with Crippen LogP contribution in [0.2, 0.25) is 0 Å². The largest absolute Gasteiger partial charge is 0.367 e. The van der Waals surface area contributed by atoms with Crippen LogP contribution in [0.25, 0.3) is 0 Å². The molecule has 1 unspecified atom stereocenters. The van der Waals surface area contributed by atoms with Gasteiger partial charge in [0.15, 0.2) is 11.6 Å². The lowest BCUT2D eigenvalue weighted by atomic mass is 9.77. The Morgan fingerprint density at radius 1 is 1.28 bits per heavy atom. The first-order valence-electron chi connectivity index (χ1n) is 5.87. The number of hydrogen-bond donors (Lipinski definition) is 1. The van der Waals surface area contributed by atoms with Crippen molar-refractivity contribution in [3.8, 4) is 0 Å². The summed E-state index contributed by atoms with van der Waals surface area (Å²) in [5.74, 6) is -0.817. The quantitative estimate of drug-likeness (QED) is 0.900. The first-order valence-corrected chi connectivity index (χ1v) is 5.87. The first kappa shape index (κ1) is 11.1. The summed E-state index contributed by atoms with van der Waals surface area (Å²) in [7, 11) is 0. The number of benzene rings is 1. The highest BCUT2D eigenvalue weighted by molar-refractivity contribution is 5.43. The molecule has 1 aliphatic carbocycles. The van der Waals surface area contributed by atoms with Gasteiger partial charge in [0.25, 0.3) is 0 Å². The Morgan fingerprint density at radius 3 is 2.89 bits per heavy atom. The Labute approximate surface area is 104 Å². The summed E-state index contributed by atoms with van der Waals surface area (Å²) in [4.78, 5) is 3.70. The van der Waals surface area contributed by atoms with E-state index in [-0.39, 0.29) is 5.82 Å². The highest BCUT2D eigenvalue weighted by atomic mass is 19.1. The molecule has 1 N–H and O–H groups in total. The van der Waals surface area contributed by atoms with Crippen molar-refractivity contribution >= 4 is 5.82 Å². The SMILES string of the molecule is Fc1cnc(NCC2Cc3ccccc32)c(F)c1. The van der Waals surface area contributed by atoms with Crippen LogP contribution in [0.4, 0.5) is 14.6 Å². The number of nitrogens with zero attached hydrogens (tertiary/aromatic N) is 1. The van der Waals surface area contributed by atoms with E-state index in [1.54, 1.807) is 0 Å². The fourth-order valence-corrected chi connectivity index (χ4v) is 2.31. The molecule has 0 radical (unpaired) electrons. The summed E-state index contributed by atoms with van der Waals surface area (Å²) < 4.78 is 26.0. The zero-order chi connectivity index (χ0) is 12.5. The Kier molecular flexibility index (Phi) is 2.70. The fraction of sp³-hybridized carbons (Fsp3) is 0.214. The van der Waals surface area contributed by atoms with Gasteiger partial charge in [-0.05, 0) is 17.5 Å². The second kappa shape index (κ2) is 4.37. The van der Waals surface area contributed by atoms with Crippen molar-refractivity contribution in [2.75, 3.05) is 11.9 Å². The lowest BCUT2D eigenvalue weighted by Gasteiger charge is -2.30. The second-order valence-electron chi connectivity index (χ2n) is 4.46. The number of pyridine rings is 1. The van der Waals surface area contributed by atoms with Crippen LogP contribution in [-0.4, -0.2) is 11.5 Å². The highest BCUT2D eigenvalue weighted by Gasteiger charge is 2.25. The number of aromatic nitrogens is 1. The Hall–Kier alpha value is -1.97. The standard InChI is InChI=1S/C14H12F2N2/c15-11-6-13(16)14(18-8-11)17-7-10-5-9-3-1-2-4-12(9)10/h1-4,6,8,10H,5,7H2,(H,17,18). The normalized spacial score (nSPS) is 16.9. The van der Waals surface area contributed by atoms with Crippen LogP contribution in [-0.2, 0) is 6.42 Å². The summed E-state index contributed by atoms with van der Waals surface area (Å²) in [6, 6.07) is 9.04. The molecule has 0 saturated carbocycles. The molecule has 1 heterocycles. The van der Waals surface area contributed by atoms with E-state index in [0.717, 1.165) is 18.7 Å². The van der Waals surface area contributed by atoms with Gasteiger partial charge in [-0.25, -0.2) is 13.8 Å². The third-order valence-corrected chi connectivity index (χ3v) is 3.28. The van der Waals surface area contributed by atoms with Crippen LogP contribution in [0.1, 0.15) is 17.0 Å². The molecule has 0 bridgehead atoms. The van der Waals surface area contributed by atoms with Gasteiger partial charge in [-0.2, -0.15) is 0 Å². The number of nitrogens with one attached hydrogen (secondary N) is 1. The number of anilines is 1. The van der Waals surface area contributed by atoms with E-state index in [1.165, 1.54) is 11.1 Å². The minimum absolute atomic E-state index is 0.112. The molecule has 0 spiro atoms. The van der Waals surface area contributed by atoms with Gasteiger partial charge < -0.3 is 5.32 Å². The number of halogens is 2. The smallest absolute Gasteiger partial charge is 0.168 e. The molecule has 2 aromatic rings. The molecular weight excluding hydrogens is 234 g/mol. The molecule has 3 rings (SSSR count). The minimum atomic E-state index is -0.660. The van der Waals surface area contributed by atoms with E-state index >= 15 is 0 Å². The minimum Gasteiger partial charge on any atom is -0.367 e. The number of hydrogen-bond acceptors (Lipinski definition) is 2. The van der Waals surface area contributed by atoms with Gasteiger partial charge >= 0.3 is 0 Å². The van der Waals surface area contributed by atoms with Crippen molar-refractivity contribution < 1.29 is 8.78 Å². The summed E-state index contributed by atoms with van der Waals surface area (Å²) in [5.41, 5.74) is 2.64. The maximum atomic E-state index is 13.4. The molecule has 0 amide bonds. The topological polar surface area (TPSA) is 24.9 Å². The average Bonchev–Trinajstić information content (AvgIpc) is 2.33. The van der Waals surface area contributed by atoms with E-state index in [9.17, 15) is 8.78 Å². The molecule has 0 fully saturated rings. The summed E-state index contributed by atoms with van der Waals surface area (Å²) in [6.45, 7) is 0.618. The first-order chi connectivity index (χ1) is 8.74. The number of fused-ring (bicyclic) bond motifs is 1. The van der Waals surface area contributed by atoms with Gasteiger partial charge in [0.2, 0.25) is 0 Å². The van der Waals surface area contributed by atoms with E-state index in [0.29, 0.717) is 12.5 Å². The van der Waals surface area contributed by atoms with Gasteiger partial charge in [-0.3, -0.25) is 0 Å². The van der Waals surface area contributed by atoms with Gasteiger partial charge in [0.05, 0.1) is 6.20 Å². The Morgan fingerprint density at radius 2 is 2.11 bits per heavy atom. The molecule has 1 aromatic heterocycles. The van der Waals surface area contributed by atoms with Crippen LogP contribution >= 0.6 is 0 Å². The summed E-state index contributed by atoms with van der Waals surface area (Å²) in [6.07, 6.45) is 2.01. The van der Waals surface area contributed by atoms with Crippen molar-refractivity contribution in [1.82, 2.24) is 4.98 Å². The van der Waals surface area contributed by atoms with Crippen LogP contribution < -0.4 is 5.32 Å². The van der Waals surface area contributed by atoms with Gasteiger partial charge in [0, 0.05) is 18.5 Å². The molecule has 0 saturated heterocycles. The fourth-order valence-electron chi connectivity index (χ4n) is 2.31. The molecule has 1 aromatic carbocycles. The van der Waals surface area contributed by atoms with Crippen LogP contribution in [0.5, 0.6) is 0 Å². The van der Waals surface area contributed by atoms with Crippen LogP contribution in [0.15, 0.2) is 36.5 Å². The van der Waals surface area contributed by atoms with E-state index in [1.807, 2.05) is 12.1 Å². The molecule has 0 aliphatic heterocycles. The van der Waals surface area contributed by atoms with Crippen molar-refractivity contribution in [3.05, 3.63) is 59.3 Å². The lowest BCUT2D eigenvalue weighted by Crippen LogP contribution is -2.24. The van der Waals surface area contributed by atoms with Crippen molar-refractivity contribution in [3.63, 3.8) is 0 Å². The van der Waals surface area contributed by atoms with Crippen LogP contribution in [0, 0.1) is 11.6 Å². The molecule has 2 nitrogen and oxygen atoms in total. The van der Waals surface area contributed by atoms with Gasteiger partial charge in [-0.15, -0.1) is 0 Å². The predicted octanol–water partition coefficient (Wildman–Crippen LogP) is 3.11. The predicted molar refractivity (Wildman–Crippen MR) is 65.5 cm³/mol. The molecule has 92 valence electrons. The van der Waals surface area contributed by atoms with Gasteiger partial charge in [0.1, 0.15) is 5.82 Å². The van der Waals surface area contributed by atoms with E-state index in [2.05, 4.69) is 22.4 Å². The van der Waals surface area contributed by atoms with Crippen molar-refractivity contribution in [1.29, 1.82) is 0 Å². The third kappa shape index (κ3) is 1.94. The zero-order valence-electron chi connectivity index (χ0n) is 9.66. The monoisotopic (exact) mass is 246 g/mol. The van der Waals surface area contributed by atoms with E-state index in [4.69, 9.17) is 0 Å². The van der Waals surface area contributed by atoms with Crippen LogP contribution in [0.3, 0.4) is 0 Å². The second-order valence-corrected chi connectivity index (χ2v) is 4.46. The molecule has 18 heavy (non-hydrogen) atoms. The van der Waals surface area contributed by atoms with Crippen molar-refractivity contribution in [2.24, 2.45) is 0 Å². The summed E-state index contributed by atoms with van der Waals surface area (Å²) in [5, 5.41) is 2.93. The Bertz CT molecular complexity index is 584. The third-order valence-electron chi connectivity index (χ3n) is 3.28. The van der Waals surface area contributed by atoms with Crippen molar-refractivity contribution in [2.45, 2.75) is 12.3 Å². The maximum Gasteiger partial charge on any atom is 0.168 e. The Balaban J connectivity index is 1.66. The molecule has 4 heteroatoms. The maximum absolute atomic E-state index is 13.4. The molecule has 1 aliphatic rings. The highest BCUT2D eigenvalue weighted by Crippen LogP contribution is 2.34. The average molecular weight is 246 g/mol.